The van der Waals surface area contributed by atoms with Crippen molar-refractivity contribution in [2.45, 2.75) is 288 Å². The summed E-state index contributed by atoms with van der Waals surface area (Å²) in [6.07, 6.45) is 9.91. The lowest BCUT2D eigenvalue weighted by molar-refractivity contribution is 0.215. The first kappa shape index (κ1) is 148. The Hall–Kier alpha value is -1.34. The minimum atomic E-state index is 0.542. The van der Waals surface area contributed by atoms with Crippen LogP contribution in [0.1, 0.15) is 288 Å². The molecule has 0 aliphatic heterocycles. The van der Waals surface area contributed by atoms with E-state index < -0.39 is 0 Å². The Balaban J connectivity index is -0.0000000109. The van der Waals surface area contributed by atoms with Crippen molar-refractivity contribution in [3.05, 3.63) is 64.8 Å². The average Bonchev–Trinajstić information content (AvgIpc) is 3.32. The summed E-state index contributed by atoms with van der Waals surface area (Å²) >= 11 is 0. The molecule has 0 aliphatic carbocycles. The summed E-state index contributed by atoms with van der Waals surface area (Å²) in [5.41, 5.74) is 0.542. The molecule has 0 fully saturated rings. The van der Waals surface area contributed by atoms with Gasteiger partial charge in [0.25, 0.3) is 0 Å². The normalized spacial score (nSPS) is 4.96. The van der Waals surface area contributed by atoms with E-state index in [-0.39, 0.29) is 0 Å². The lowest BCUT2D eigenvalue weighted by Crippen LogP contribution is -2.00. The number of rotatable bonds is 2. The lowest BCUT2D eigenvalue weighted by Gasteiger charge is -2.12. The molecule has 0 spiro atoms. The molecule has 370 valence electrons. The molecule has 0 N–H and O–H groups in total. The van der Waals surface area contributed by atoms with Crippen LogP contribution in [-0.2, 0) is 4.74 Å². The molecule has 0 unspecified atom stereocenters. The number of ether oxygens (including phenoxy) is 1. The predicted octanol–water partition coefficient (Wildman–Crippen LogP) is 24.8. The maximum atomic E-state index is 4.54. The molecule has 1 nitrogen and oxygen atoms in total. The summed E-state index contributed by atoms with van der Waals surface area (Å²) in [6.45, 7) is 101. The van der Waals surface area contributed by atoms with Gasteiger partial charge in [0, 0.05) is 13.7 Å². The first-order valence-electron chi connectivity index (χ1n) is 24.2. The van der Waals surface area contributed by atoms with Gasteiger partial charge in [-0.2, -0.15) is 0 Å². The molecule has 56 heavy (non-hydrogen) atoms. The number of methoxy groups -OCH3 is 1. The molecule has 0 aromatic carbocycles. The molecule has 0 rings (SSSR count). The second-order valence-corrected chi connectivity index (χ2v) is 6.72. The van der Waals surface area contributed by atoms with Gasteiger partial charge >= 0.3 is 0 Å². The highest BCUT2D eigenvalue weighted by molar-refractivity contribution is 4.55. The van der Waals surface area contributed by atoms with Crippen LogP contribution < -0.4 is 0 Å². The summed E-state index contributed by atoms with van der Waals surface area (Å²) in [7, 11) is 1.68. The van der Waals surface area contributed by atoms with Crippen molar-refractivity contribution in [2.75, 3.05) is 13.7 Å². The minimum absolute atomic E-state index is 0.542. The zero-order valence-electron chi connectivity index (χ0n) is 50.0. The molecule has 0 amide bonds. The molecule has 0 aromatic heterocycles. The zero-order valence-corrected chi connectivity index (χ0v) is 50.0. The van der Waals surface area contributed by atoms with Crippen LogP contribution in [0.5, 0.6) is 0 Å². The minimum Gasteiger partial charge on any atom is -0.385 e. The van der Waals surface area contributed by atoms with Crippen LogP contribution in [0.3, 0.4) is 0 Å². The van der Waals surface area contributed by atoms with Gasteiger partial charge in [0.2, 0.25) is 0 Å². The van der Waals surface area contributed by atoms with Gasteiger partial charge in [-0.05, 0) is 26.2 Å². The maximum absolute atomic E-state index is 4.54. The maximum Gasteiger partial charge on any atom is 0.0433 e. The van der Waals surface area contributed by atoms with Gasteiger partial charge in [-0.3, -0.25) is 0 Å². The van der Waals surface area contributed by atoms with Crippen LogP contribution in [0.15, 0.2) is 64.8 Å². The van der Waals surface area contributed by atoms with Crippen molar-refractivity contribution in [2.24, 2.45) is 5.41 Å². The Kier molecular flexibility index (Phi) is 2100. The van der Waals surface area contributed by atoms with Crippen LogP contribution in [0, 0.1) is 5.41 Å². The Labute approximate surface area is 375 Å². The largest absolute Gasteiger partial charge is 0.385 e. The van der Waals surface area contributed by atoms with Gasteiger partial charge in [0.05, 0.1) is 0 Å². The van der Waals surface area contributed by atoms with E-state index >= 15 is 0 Å². The van der Waals surface area contributed by atoms with Gasteiger partial charge in [-0.15, -0.1) is 52.6 Å². The second-order valence-electron chi connectivity index (χ2n) is 6.72. The molecule has 0 aromatic rings. The first-order chi connectivity index (χ1) is 27.0. The fourth-order valence-electron chi connectivity index (χ4n) is 0. The molecule has 0 saturated heterocycles. The number of hydrogen-bond acceptors (Lipinski definition) is 1. The molecular formula is C55H144O. The van der Waals surface area contributed by atoms with Crippen LogP contribution >= 0.6 is 0 Å². The Morgan fingerprint density at radius 2 is 0.411 bits per heavy atom. The van der Waals surface area contributed by atoms with Crippen molar-refractivity contribution in [1.82, 2.24) is 0 Å². The Bertz CT molecular complexity index is 169. The zero-order chi connectivity index (χ0) is 52.9. The Morgan fingerprint density at radius 1 is 0.357 bits per heavy atom. The van der Waals surface area contributed by atoms with Crippen molar-refractivity contribution in [1.29, 1.82) is 0 Å². The highest BCUT2D eigenvalue weighted by Crippen LogP contribution is 2.16. The van der Waals surface area contributed by atoms with E-state index in [1.807, 2.05) is 187 Å². The van der Waals surface area contributed by atoms with Crippen LogP contribution in [0.4, 0.5) is 0 Å². The summed E-state index contributed by atoms with van der Waals surface area (Å²) in [5, 5.41) is 0. The molecule has 0 atom stereocenters. The van der Waals surface area contributed by atoms with Crippen molar-refractivity contribution < 1.29 is 4.74 Å². The van der Waals surface area contributed by atoms with Crippen LogP contribution in [0.25, 0.3) is 0 Å². The molecule has 0 heterocycles. The van der Waals surface area contributed by atoms with E-state index in [2.05, 4.69) is 127 Å². The summed E-state index contributed by atoms with van der Waals surface area (Å²) in [4.78, 5) is 0. The van der Waals surface area contributed by atoms with Crippen molar-refractivity contribution in [3.8, 4) is 0 Å². The Morgan fingerprint density at radius 3 is 0.411 bits per heavy atom. The lowest BCUT2D eigenvalue weighted by atomic mass is 9.94. The third kappa shape index (κ3) is 10500. The van der Waals surface area contributed by atoms with Crippen molar-refractivity contribution >= 4 is 0 Å². The topological polar surface area (TPSA) is 9.23 Å². The highest BCUT2D eigenvalue weighted by atomic mass is 16.5. The fourth-order valence-corrected chi connectivity index (χ4v) is 0. The number of unbranched alkanes of at least 4 members (excludes halogenated alkanes) is 1. The smallest absolute Gasteiger partial charge is 0.0433 e. The van der Waals surface area contributed by atoms with Crippen LogP contribution in [-0.4, -0.2) is 13.7 Å². The van der Waals surface area contributed by atoms with Gasteiger partial charge in [0.15, 0.2) is 0 Å². The molecular weight excluding hydrogens is 677 g/mol. The van der Waals surface area contributed by atoms with Crippen LogP contribution in [0.2, 0.25) is 0 Å². The van der Waals surface area contributed by atoms with Gasteiger partial charge in [-0.1, -0.05) is 280 Å². The van der Waals surface area contributed by atoms with E-state index in [0.29, 0.717) is 5.41 Å². The molecule has 0 aliphatic rings. The van der Waals surface area contributed by atoms with E-state index in [4.69, 9.17) is 0 Å². The van der Waals surface area contributed by atoms with Gasteiger partial charge in [0.1, 0.15) is 0 Å². The van der Waals surface area contributed by atoms with Crippen molar-refractivity contribution in [3.63, 3.8) is 0 Å². The van der Waals surface area contributed by atoms with E-state index in [1.165, 1.54) is 32.1 Å². The fraction of sp³-hybridized carbons (Fsp3) is 0.818. The number of hydrogen-bond donors (Lipinski definition) is 0. The van der Waals surface area contributed by atoms with E-state index in [1.54, 1.807) is 19.3 Å². The molecule has 0 saturated carbocycles. The quantitative estimate of drug-likeness (QED) is 0.252. The monoisotopic (exact) mass is 821 g/mol. The summed E-state index contributed by atoms with van der Waals surface area (Å²) in [5.74, 6) is 0. The standard InChI is InChI=1S/C6H14.C4H10.C3H8O.2C3H8.2C3H6.12C2H6.3C2H4/c1-5-6(2,3)4;2*1-3-4-2;4*1-3-2;15*1-2/h5H2,1-4H3;3-4H2,1-2H3;3H2,1-2H3;2*3H2,1-2H3;2*3H,1H2,2H3;12*1-2H3;3*1-2H2. The summed E-state index contributed by atoms with van der Waals surface area (Å²) < 4.78 is 4.54. The SMILES string of the molecule is C=C.C=C.C=C.C=CC.C=CC.CC.CC.CC.CC.CC.CC.CC.CC.CC.CC.CC.CC.CCC.CCC.CCC(C)(C)C.CCCC.CCOC. The third-order valence-electron chi connectivity index (χ3n) is 1.85. The average molecular weight is 822 g/mol. The molecule has 1 heteroatoms. The number of allylic oxidation sites excluding steroid dienone is 2. The second kappa shape index (κ2) is 797. The first-order valence-corrected chi connectivity index (χ1v) is 24.2. The van der Waals surface area contributed by atoms with Gasteiger partial charge < -0.3 is 4.74 Å². The molecule has 0 bridgehead atoms. The van der Waals surface area contributed by atoms with E-state index in [9.17, 15) is 0 Å². The molecule has 0 radical (unpaired) electrons. The predicted molar refractivity (Wildman–Crippen MR) is 301 cm³/mol. The highest BCUT2D eigenvalue weighted by Gasteiger charge is 2.03. The van der Waals surface area contributed by atoms with E-state index in [0.717, 1.165) is 6.61 Å². The van der Waals surface area contributed by atoms with Gasteiger partial charge in [-0.25, -0.2) is 0 Å². The summed E-state index contributed by atoms with van der Waals surface area (Å²) in [6, 6.07) is 0. The third-order valence-corrected chi connectivity index (χ3v) is 1.85.